The van der Waals surface area contributed by atoms with Crippen LogP contribution in [0.25, 0.3) is 5.82 Å². The normalized spacial score (nSPS) is 9.80. The molecule has 0 saturated heterocycles. The van der Waals surface area contributed by atoms with Crippen molar-refractivity contribution >= 4 is 66.5 Å². The molecule has 76 valence electrons. The molecule has 2 rings (SSSR count). The Kier molecular flexibility index (Phi) is 5.04. The Morgan fingerprint density at radius 1 is 1.40 bits per heavy atom. The van der Waals surface area contributed by atoms with E-state index in [2.05, 4.69) is 41.9 Å². The Morgan fingerprint density at radius 3 is 2.67 bits per heavy atom. The molecule has 0 unspecified atom stereocenters. The van der Waals surface area contributed by atoms with Crippen LogP contribution in [0.2, 0.25) is 5.02 Å². The van der Waals surface area contributed by atoms with Crippen molar-refractivity contribution in [3.63, 3.8) is 0 Å². The molecule has 0 N–H and O–H groups in total. The molecule has 0 saturated carbocycles. The van der Waals surface area contributed by atoms with Crippen molar-refractivity contribution in [3.05, 3.63) is 38.6 Å². The fraction of sp³-hybridized carbons (Fsp3) is 0. The summed E-state index contributed by atoms with van der Waals surface area (Å²) in [7, 11) is 0. The van der Waals surface area contributed by atoms with Crippen molar-refractivity contribution in [2.24, 2.45) is 0 Å². The monoisotopic (exact) mass is 361 g/mol. The van der Waals surface area contributed by atoms with Gasteiger partial charge in [0.2, 0.25) is 0 Å². The summed E-state index contributed by atoms with van der Waals surface area (Å²) < 4.78 is 3.14. The average molecular weight is 364 g/mol. The van der Waals surface area contributed by atoms with Crippen molar-refractivity contribution < 1.29 is 2.85 Å². The molecule has 0 aliphatic heterocycles. The second-order valence-electron chi connectivity index (χ2n) is 2.51. The third-order valence-corrected chi connectivity index (χ3v) is 2.82. The molecule has 15 heavy (non-hydrogen) atoms. The minimum Gasteiger partial charge on any atom is -1.00 e. The third kappa shape index (κ3) is 2.94. The quantitative estimate of drug-likeness (QED) is 0.728. The largest absolute Gasteiger partial charge is 2.00 e. The summed E-state index contributed by atoms with van der Waals surface area (Å²) in [4.78, 5) is 4.14. The van der Waals surface area contributed by atoms with Gasteiger partial charge in [-0.1, -0.05) is 11.6 Å². The Bertz CT molecular complexity index is 484. The second kappa shape index (κ2) is 5.63. The molecule has 0 aliphatic rings. The zero-order valence-electron chi connectivity index (χ0n) is 9.49. The fourth-order valence-corrected chi connectivity index (χ4v) is 2.36. The summed E-state index contributed by atoms with van der Waals surface area (Å²) in [6.07, 6.45) is 1.67. The number of nitrogens with zero attached hydrogens (tertiary/aromatic N) is 3. The van der Waals surface area contributed by atoms with E-state index < -0.39 is 0 Å². The molecule has 2 heterocycles. The predicted molar refractivity (Wildman–Crippen MR) is 69.7 cm³/mol. The first-order valence-electron chi connectivity index (χ1n) is 3.70. The predicted octanol–water partition coefficient (Wildman–Crippen LogP) is 3.29. The molecular formula is C8H6Br2ClMgN3. The van der Waals surface area contributed by atoms with Crippen LogP contribution in [0.3, 0.4) is 0 Å². The number of hydrogen-bond acceptors (Lipinski definition) is 2. The van der Waals surface area contributed by atoms with Crippen molar-refractivity contribution in [1.82, 2.24) is 14.8 Å². The molecule has 7 heteroatoms. The summed E-state index contributed by atoms with van der Waals surface area (Å²) in [5, 5.41) is 4.74. The standard InChI is InChI=1S/C8H4Br2ClN3.Mg.2H/c9-6-4-7(10)14(13-6)8-5(11)2-1-3-12-8;;;/h1-4H;;;/q;+2;2*-1. The van der Waals surface area contributed by atoms with Gasteiger partial charge in [0.1, 0.15) is 9.21 Å². The summed E-state index contributed by atoms with van der Waals surface area (Å²) in [5.74, 6) is 0.603. The van der Waals surface area contributed by atoms with Gasteiger partial charge in [0.05, 0.1) is 5.02 Å². The van der Waals surface area contributed by atoms with Crippen LogP contribution in [0, 0.1) is 0 Å². The van der Waals surface area contributed by atoms with Gasteiger partial charge in [-0.25, -0.2) is 9.67 Å². The zero-order chi connectivity index (χ0) is 10.1. The van der Waals surface area contributed by atoms with Crippen molar-refractivity contribution in [2.75, 3.05) is 0 Å². The van der Waals surface area contributed by atoms with Gasteiger partial charge in [0.15, 0.2) is 5.82 Å². The fourth-order valence-electron chi connectivity index (χ4n) is 1.01. The average Bonchev–Trinajstić information content (AvgIpc) is 2.46. The number of pyridine rings is 1. The van der Waals surface area contributed by atoms with Gasteiger partial charge in [-0.15, -0.1) is 0 Å². The Labute approximate surface area is 128 Å². The minimum atomic E-state index is 0. The molecule has 3 nitrogen and oxygen atoms in total. The maximum atomic E-state index is 5.98. The summed E-state index contributed by atoms with van der Waals surface area (Å²) in [5.41, 5.74) is 0. The van der Waals surface area contributed by atoms with Crippen LogP contribution in [-0.2, 0) is 0 Å². The van der Waals surface area contributed by atoms with Crippen molar-refractivity contribution in [2.45, 2.75) is 0 Å². The van der Waals surface area contributed by atoms with Crippen molar-refractivity contribution in [3.8, 4) is 5.82 Å². The Hall–Kier alpha value is 0.376. The van der Waals surface area contributed by atoms with Gasteiger partial charge in [0, 0.05) is 12.3 Å². The zero-order valence-corrected chi connectivity index (χ0v) is 12.8. The van der Waals surface area contributed by atoms with Crippen LogP contribution < -0.4 is 0 Å². The van der Waals surface area contributed by atoms with Gasteiger partial charge < -0.3 is 2.85 Å². The molecule has 0 radical (unpaired) electrons. The number of aromatic nitrogens is 3. The Balaban J connectivity index is 0. The van der Waals surface area contributed by atoms with Gasteiger partial charge in [-0.05, 0) is 44.0 Å². The summed E-state index contributed by atoms with van der Waals surface area (Å²) >= 11 is 12.6. The molecule has 0 aliphatic carbocycles. The van der Waals surface area contributed by atoms with Crippen LogP contribution in [0.1, 0.15) is 2.85 Å². The first-order valence-corrected chi connectivity index (χ1v) is 5.67. The van der Waals surface area contributed by atoms with E-state index in [1.54, 1.807) is 23.0 Å². The number of halogens is 3. The third-order valence-electron chi connectivity index (χ3n) is 1.58. The van der Waals surface area contributed by atoms with E-state index in [4.69, 9.17) is 11.6 Å². The Morgan fingerprint density at radius 2 is 2.13 bits per heavy atom. The first kappa shape index (κ1) is 13.4. The molecule has 0 amide bonds. The van der Waals surface area contributed by atoms with E-state index in [1.165, 1.54) is 0 Å². The van der Waals surface area contributed by atoms with Crippen LogP contribution in [0.4, 0.5) is 0 Å². The van der Waals surface area contributed by atoms with E-state index in [0.29, 0.717) is 10.8 Å². The summed E-state index contributed by atoms with van der Waals surface area (Å²) in [6.45, 7) is 0. The van der Waals surface area contributed by atoms with Gasteiger partial charge >= 0.3 is 23.1 Å². The van der Waals surface area contributed by atoms with Crippen LogP contribution in [0.15, 0.2) is 33.6 Å². The summed E-state index contributed by atoms with van der Waals surface area (Å²) in [6, 6.07) is 5.37. The molecule has 0 aromatic carbocycles. The van der Waals surface area contributed by atoms with E-state index in [1.807, 2.05) is 6.07 Å². The van der Waals surface area contributed by atoms with Gasteiger partial charge in [-0.3, -0.25) is 0 Å². The molecule has 2 aromatic heterocycles. The molecule has 0 spiro atoms. The van der Waals surface area contributed by atoms with E-state index in [0.717, 1.165) is 9.21 Å². The minimum absolute atomic E-state index is 0. The van der Waals surface area contributed by atoms with Gasteiger partial charge in [0.25, 0.3) is 0 Å². The molecule has 0 fully saturated rings. The molecule has 0 atom stereocenters. The SMILES string of the molecule is Clc1cccnc1-n1nc(Br)cc1Br.[H-].[H-].[Mg+2]. The maximum absolute atomic E-state index is 5.98. The smallest absolute Gasteiger partial charge is 1.00 e. The van der Waals surface area contributed by atoms with E-state index >= 15 is 0 Å². The molecule has 0 bridgehead atoms. The topological polar surface area (TPSA) is 30.7 Å². The number of hydrogen-bond donors (Lipinski definition) is 0. The molecule has 2 aromatic rings. The van der Waals surface area contributed by atoms with Crippen molar-refractivity contribution in [1.29, 1.82) is 0 Å². The molecular weight excluding hydrogens is 358 g/mol. The first-order chi connectivity index (χ1) is 6.68. The van der Waals surface area contributed by atoms with Crippen LogP contribution in [-0.4, -0.2) is 37.8 Å². The van der Waals surface area contributed by atoms with Crippen LogP contribution >= 0.6 is 43.5 Å². The van der Waals surface area contributed by atoms with E-state index in [9.17, 15) is 0 Å². The maximum Gasteiger partial charge on any atom is 2.00 e. The van der Waals surface area contributed by atoms with E-state index in [-0.39, 0.29) is 25.9 Å². The van der Waals surface area contributed by atoms with Crippen LogP contribution in [0.5, 0.6) is 0 Å². The number of rotatable bonds is 1. The second-order valence-corrected chi connectivity index (χ2v) is 4.54. The van der Waals surface area contributed by atoms with Gasteiger partial charge in [-0.2, -0.15) is 5.10 Å².